The molecule has 4 nitrogen and oxygen atoms in total. The summed E-state index contributed by atoms with van der Waals surface area (Å²) in [6.45, 7) is 0.598. The number of nitrogens with zero attached hydrogens (tertiary/aromatic N) is 1. The molecule has 1 aliphatic rings. The standard InChI is InChI=1S/C13H12Cl2N2O2/c14-9-6-8(3-4-16)7-10(15)12(9)17-13(18)11-2-1-5-19-11/h6-7,11H,1-3,5H2,(H,17,18)/t11-/m1/s1. The molecule has 0 aliphatic carbocycles. The predicted molar refractivity (Wildman–Crippen MR) is 73.4 cm³/mol. The van der Waals surface area contributed by atoms with Crippen LogP contribution in [0.5, 0.6) is 0 Å². The van der Waals surface area contributed by atoms with Crippen LogP contribution in [-0.4, -0.2) is 18.6 Å². The van der Waals surface area contributed by atoms with Crippen molar-refractivity contribution in [3.05, 3.63) is 27.7 Å². The molecular weight excluding hydrogens is 287 g/mol. The van der Waals surface area contributed by atoms with Gasteiger partial charge in [0.1, 0.15) is 6.10 Å². The quantitative estimate of drug-likeness (QED) is 0.932. The van der Waals surface area contributed by atoms with Crippen LogP contribution in [-0.2, 0) is 16.0 Å². The van der Waals surface area contributed by atoms with E-state index >= 15 is 0 Å². The normalized spacial score (nSPS) is 18.1. The molecule has 100 valence electrons. The van der Waals surface area contributed by atoms with Crippen LogP contribution >= 0.6 is 23.2 Å². The maximum Gasteiger partial charge on any atom is 0.253 e. The van der Waals surface area contributed by atoms with Gasteiger partial charge in [0, 0.05) is 6.61 Å². The van der Waals surface area contributed by atoms with Gasteiger partial charge in [-0.25, -0.2) is 0 Å². The minimum absolute atomic E-state index is 0.222. The first-order valence-corrected chi connectivity index (χ1v) is 6.64. The van der Waals surface area contributed by atoms with Crippen molar-refractivity contribution >= 4 is 34.8 Å². The summed E-state index contributed by atoms with van der Waals surface area (Å²) in [6, 6.07) is 5.27. The van der Waals surface area contributed by atoms with Gasteiger partial charge in [-0.05, 0) is 30.5 Å². The topological polar surface area (TPSA) is 62.1 Å². The van der Waals surface area contributed by atoms with Crippen molar-refractivity contribution < 1.29 is 9.53 Å². The Bertz CT molecular complexity index is 511. The predicted octanol–water partition coefficient (Wildman–Crippen LogP) is 3.18. The second-order valence-corrected chi connectivity index (χ2v) is 5.07. The summed E-state index contributed by atoms with van der Waals surface area (Å²) in [5.74, 6) is -0.241. The van der Waals surface area contributed by atoms with Crippen LogP contribution in [0.4, 0.5) is 5.69 Å². The lowest BCUT2D eigenvalue weighted by Crippen LogP contribution is -2.27. The van der Waals surface area contributed by atoms with E-state index in [1.54, 1.807) is 12.1 Å². The Hall–Kier alpha value is -1.28. The van der Waals surface area contributed by atoms with Crippen LogP contribution < -0.4 is 5.32 Å². The minimum atomic E-state index is -0.439. The SMILES string of the molecule is N#CCc1cc(Cl)c(NC(=O)[C@H]2CCCO2)c(Cl)c1. The largest absolute Gasteiger partial charge is 0.368 e. The van der Waals surface area contributed by atoms with Gasteiger partial charge in [0.2, 0.25) is 0 Å². The third-order valence-electron chi connectivity index (χ3n) is 2.86. The first-order valence-electron chi connectivity index (χ1n) is 5.89. The molecule has 0 unspecified atom stereocenters. The number of hydrogen-bond donors (Lipinski definition) is 1. The molecule has 2 rings (SSSR count). The molecule has 0 radical (unpaired) electrons. The number of nitriles is 1. The highest BCUT2D eigenvalue weighted by Gasteiger charge is 2.24. The molecule has 1 fully saturated rings. The third-order valence-corrected chi connectivity index (χ3v) is 3.45. The number of nitrogens with one attached hydrogen (secondary N) is 1. The molecule has 1 aliphatic heterocycles. The summed E-state index contributed by atoms with van der Waals surface area (Å²) in [7, 11) is 0. The Kier molecular flexibility index (Phi) is 4.65. The van der Waals surface area contributed by atoms with Crippen molar-refractivity contribution in [3.63, 3.8) is 0 Å². The lowest BCUT2D eigenvalue weighted by Gasteiger charge is -2.13. The number of hydrogen-bond acceptors (Lipinski definition) is 3. The van der Waals surface area contributed by atoms with Crippen molar-refractivity contribution in [3.8, 4) is 6.07 Å². The van der Waals surface area contributed by atoms with Crippen molar-refractivity contribution in [1.29, 1.82) is 5.26 Å². The minimum Gasteiger partial charge on any atom is -0.368 e. The number of amides is 1. The molecule has 0 spiro atoms. The fourth-order valence-corrected chi connectivity index (χ4v) is 2.55. The number of benzene rings is 1. The van der Waals surface area contributed by atoms with Crippen LogP contribution in [0, 0.1) is 11.3 Å². The Labute approximate surface area is 121 Å². The molecule has 1 heterocycles. The summed E-state index contributed by atoms with van der Waals surface area (Å²) in [4.78, 5) is 11.9. The molecule has 1 aromatic carbocycles. The summed E-state index contributed by atoms with van der Waals surface area (Å²) in [5.41, 5.74) is 1.08. The van der Waals surface area contributed by atoms with Crippen LogP contribution in [0.25, 0.3) is 0 Å². The van der Waals surface area contributed by atoms with E-state index < -0.39 is 6.10 Å². The zero-order valence-corrected chi connectivity index (χ0v) is 11.6. The van der Waals surface area contributed by atoms with Gasteiger partial charge >= 0.3 is 0 Å². The summed E-state index contributed by atoms with van der Waals surface area (Å²) in [6.07, 6.45) is 1.36. The molecule has 0 bridgehead atoms. The molecule has 19 heavy (non-hydrogen) atoms. The molecule has 1 atom stereocenters. The van der Waals surface area contributed by atoms with E-state index in [0.717, 1.165) is 6.42 Å². The number of ether oxygens (including phenoxy) is 1. The van der Waals surface area contributed by atoms with Gasteiger partial charge in [0.05, 0.1) is 28.2 Å². The third kappa shape index (κ3) is 3.38. The van der Waals surface area contributed by atoms with Crippen molar-refractivity contribution in [2.24, 2.45) is 0 Å². The second-order valence-electron chi connectivity index (χ2n) is 4.26. The molecule has 0 aromatic heterocycles. The average molecular weight is 299 g/mol. The number of carbonyl (C=O) groups is 1. The highest BCUT2D eigenvalue weighted by Crippen LogP contribution is 2.32. The monoisotopic (exact) mass is 298 g/mol. The van der Waals surface area contributed by atoms with E-state index in [1.807, 2.05) is 6.07 Å². The Morgan fingerprint density at radius 3 is 2.68 bits per heavy atom. The van der Waals surface area contributed by atoms with Gasteiger partial charge in [0.15, 0.2) is 0 Å². The smallest absolute Gasteiger partial charge is 0.253 e. The fraction of sp³-hybridized carbons (Fsp3) is 0.385. The van der Waals surface area contributed by atoms with Gasteiger partial charge in [0.25, 0.3) is 5.91 Å². The number of anilines is 1. The number of carbonyl (C=O) groups excluding carboxylic acids is 1. The van der Waals surface area contributed by atoms with Gasteiger partial charge in [-0.2, -0.15) is 5.26 Å². The van der Waals surface area contributed by atoms with E-state index in [2.05, 4.69) is 5.32 Å². The highest BCUT2D eigenvalue weighted by atomic mass is 35.5. The van der Waals surface area contributed by atoms with E-state index in [-0.39, 0.29) is 12.3 Å². The van der Waals surface area contributed by atoms with E-state index in [9.17, 15) is 4.79 Å². The average Bonchev–Trinajstić information content (AvgIpc) is 2.88. The zero-order valence-electron chi connectivity index (χ0n) is 10.1. The Morgan fingerprint density at radius 1 is 1.47 bits per heavy atom. The Morgan fingerprint density at radius 2 is 2.16 bits per heavy atom. The van der Waals surface area contributed by atoms with Crippen molar-refractivity contribution in [1.82, 2.24) is 0 Å². The van der Waals surface area contributed by atoms with Gasteiger partial charge < -0.3 is 10.1 Å². The maximum atomic E-state index is 11.9. The zero-order chi connectivity index (χ0) is 13.8. The van der Waals surface area contributed by atoms with E-state index in [0.29, 0.717) is 34.3 Å². The van der Waals surface area contributed by atoms with Gasteiger partial charge in [-0.1, -0.05) is 23.2 Å². The molecule has 1 amide bonds. The first-order chi connectivity index (χ1) is 9.11. The van der Waals surface area contributed by atoms with Crippen molar-refractivity contribution in [2.75, 3.05) is 11.9 Å². The lowest BCUT2D eigenvalue weighted by atomic mass is 10.1. The van der Waals surface area contributed by atoms with Gasteiger partial charge in [-0.3, -0.25) is 4.79 Å². The lowest BCUT2D eigenvalue weighted by molar-refractivity contribution is -0.124. The summed E-state index contributed by atoms with van der Waals surface area (Å²) >= 11 is 12.1. The maximum absolute atomic E-state index is 11.9. The first kappa shape index (κ1) is 14.1. The molecule has 1 saturated heterocycles. The Balaban J connectivity index is 2.16. The number of rotatable bonds is 3. The van der Waals surface area contributed by atoms with Crippen molar-refractivity contribution in [2.45, 2.75) is 25.4 Å². The van der Waals surface area contributed by atoms with Crippen LogP contribution in [0.15, 0.2) is 12.1 Å². The molecule has 6 heteroatoms. The molecule has 1 N–H and O–H groups in total. The van der Waals surface area contributed by atoms with Crippen LogP contribution in [0.2, 0.25) is 10.0 Å². The number of halogens is 2. The van der Waals surface area contributed by atoms with Crippen LogP contribution in [0.3, 0.4) is 0 Å². The van der Waals surface area contributed by atoms with Crippen LogP contribution in [0.1, 0.15) is 18.4 Å². The summed E-state index contributed by atoms with van der Waals surface area (Å²) in [5, 5.41) is 12.0. The second kappa shape index (κ2) is 6.25. The molecule has 1 aromatic rings. The van der Waals surface area contributed by atoms with E-state index in [4.69, 9.17) is 33.2 Å². The molecule has 0 saturated carbocycles. The van der Waals surface area contributed by atoms with Gasteiger partial charge in [-0.15, -0.1) is 0 Å². The van der Waals surface area contributed by atoms with E-state index in [1.165, 1.54) is 0 Å². The fourth-order valence-electron chi connectivity index (χ4n) is 1.93. The summed E-state index contributed by atoms with van der Waals surface area (Å²) < 4.78 is 5.29. The highest BCUT2D eigenvalue weighted by molar-refractivity contribution is 6.39. The molecular formula is C13H12Cl2N2O2.